The highest BCUT2D eigenvalue weighted by molar-refractivity contribution is 6.09. The number of halogens is 2. The maximum Gasteiger partial charge on any atom is 0.329 e. The molecule has 2 aliphatic heterocycles. The van der Waals surface area contributed by atoms with Crippen LogP contribution in [0.3, 0.4) is 0 Å². The molecule has 1 aromatic heterocycles. The third-order valence-electron chi connectivity index (χ3n) is 4.67. The Morgan fingerprint density at radius 3 is 2.58 bits per heavy atom. The summed E-state index contributed by atoms with van der Waals surface area (Å²) in [6.07, 6.45) is 0.200. The van der Waals surface area contributed by atoms with Gasteiger partial charge in [0.15, 0.2) is 5.82 Å². The van der Waals surface area contributed by atoms with Crippen molar-refractivity contribution in [1.29, 1.82) is 0 Å². The summed E-state index contributed by atoms with van der Waals surface area (Å²) in [7, 11) is 1.76. The Kier molecular flexibility index (Phi) is 5.01. The first kappa shape index (κ1) is 18.4. The van der Waals surface area contributed by atoms with Crippen LogP contribution >= 0.6 is 12.4 Å². The van der Waals surface area contributed by atoms with Gasteiger partial charge in [-0.2, -0.15) is 5.10 Å². The van der Waals surface area contributed by atoms with Crippen LogP contribution in [-0.2, 0) is 11.8 Å². The highest BCUT2D eigenvalue weighted by atomic mass is 35.5. The Morgan fingerprint density at radius 1 is 1.15 bits per heavy atom. The second kappa shape index (κ2) is 7.08. The Labute approximate surface area is 155 Å². The van der Waals surface area contributed by atoms with Gasteiger partial charge in [0.1, 0.15) is 5.82 Å². The third kappa shape index (κ3) is 3.08. The van der Waals surface area contributed by atoms with E-state index in [2.05, 4.69) is 15.7 Å². The first-order valence-corrected chi connectivity index (χ1v) is 8.28. The van der Waals surface area contributed by atoms with E-state index in [4.69, 9.17) is 0 Å². The summed E-state index contributed by atoms with van der Waals surface area (Å²) >= 11 is 0. The van der Waals surface area contributed by atoms with Crippen molar-refractivity contribution in [3.63, 3.8) is 0 Å². The van der Waals surface area contributed by atoms with Crippen LogP contribution in [0.5, 0.6) is 0 Å². The van der Waals surface area contributed by atoms with Crippen molar-refractivity contribution in [2.75, 3.05) is 42.5 Å². The molecule has 2 aliphatic rings. The molecule has 140 valence electrons. The molecule has 4 rings (SSSR count). The maximum atomic E-state index is 14.7. The van der Waals surface area contributed by atoms with E-state index in [-0.39, 0.29) is 37.1 Å². The monoisotopic (exact) mass is 382 g/mol. The number of aryl methyl sites for hydroxylation is 1. The van der Waals surface area contributed by atoms with E-state index in [9.17, 15) is 14.0 Å². The number of piperazine rings is 1. The number of rotatable bonds is 2. The molecule has 3 amide bonds. The standard InChI is InChI=1S/C16H19FN6O2.ClH/c1-21-12-9-13(22-6-3-18-4-7-22)11(17)8-10(12)15(20-21)23-5-2-14(24)19-16(23)25;/h8-9,18H,2-7H2,1H3,(H,19,24,25);1H. The fourth-order valence-corrected chi connectivity index (χ4v) is 3.36. The van der Waals surface area contributed by atoms with Crippen molar-refractivity contribution in [3.05, 3.63) is 17.9 Å². The van der Waals surface area contributed by atoms with Crippen molar-refractivity contribution >= 4 is 46.8 Å². The number of urea groups is 1. The predicted octanol–water partition coefficient (Wildman–Crippen LogP) is 0.990. The van der Waals surface area contributed by atoms with Crippen molar-refractivity contribution < 1.29 is 14.0 Å². The fraction of sp³-hybridized carbons (Fsp3) is 0.438. The fourth-order valence-electron chi connectivity index (χ4n) is 3.36. The molecule has 2 aromatic rings. The molecule has 0 unspecified atom stereocenters. The summed E-state index contributed by atoms with van der Waals surface area (Å²) in [5, 5.41) is 10.5. The lowest BCUT2D eigenvalue weighted by Crippen LogP contribution is -2.49. The quantitative estimate of drug-likeness (QED) is 0.809. The number of nitrogens with one attached hydrogen (secondary N) is 2. The molecule has 0 saturated carbocycles. The summed E-state index contributed by atoms with van der Waals surface area (Å²) in [4.78, 5) is 26.8. The second-order valence-corrected chi connectivity index (χ2v) is 6.26. The third-order valence-corrected chi connectivity index (χ3v) is 4.67. The molecule has 0 bridgehead atoms. The maximum absolute atomic E-state index is 14.7. The number of fused-ring (bicyclic) bond motifs is 1. The lowest BCUT2D eigenvalue weighted by Gasteiger charge is -2.29. The lowest BCUT2D eigenvalue weighted by atomic mass is 10.1. The number of benzene rings is 1. The summed E-state index contributed by atoms with van der Waals surface area (Å²) in [6, 6.07) is 2.68. The van der Waals surface area contributed by atoms with Crippen molar-refractivity contribution in [3.8, 4) is 0 Å². The number of nitrogens with zero attached hydrogens (tertiary/aromatic N) is 4. The zero-order valence-corrected chi connectivity index (χ0v) is 15.1. The zero-order valence-electron chi connectivity index (χ0n) is 14.3. The number of anilines is 2. The minimum atomic E-state index is -0.525. The Bertz CT molecular complexity index is 864. The number of amides is 3. The predicted molar refractivity (Wildman–Crippen MR) is 98.5 cm³/mol. The van der Waals surface area contributed by atoms with Gasteiger partial charge in [0, 0.05) is 51.6 Å². The van der Waals surface area contributed by atoms with E-state index in [1.54, 1.807) is 17.8 Å². The van der Waals surface area contributed by atoms with Crippen LogP contribution in [0.4, 0.5) is 20.7 Å². The number of hydrogen-bond donors (Lipinski definition) is 2. The second-order valence-electron chi connectivity index (χ2n) is 6.26. The molecule has 2 N–H and O–H groups in total. The highest BCUT2D eigenvalue weighted by Crippen LogP contribution is 2.32. The van der Waals surface area contributed by atoms with Crippen LogP contribution in [0.25, 0.3) is 10.9 Å². The molecule has 2 fully saturated rings. The summed E-state index contributed by atoms with van der Waals surface area (Å²) < 4.78 is 16.4. The zero-order chi connectivity index (χ0) is 17.6. The SMILES string of the molecule is Cl.Cn1nc(N2CCC(=O)NC2=O)c2cc(F)c(N3CCNCC3)cc21. The van der Waals surface area contributed by atoms with Gasteiger partial charge in [-0.05, 0) is 12.1 Å². The van der Waals surface area contributed by atoms with Gasteiger partial charge in [0.2, 0.25) is 5.91 Å². The number of imide groups is 1. The molecule has 0 radical (unpaired) electrons. The van der Waals surface area contributed by atoms with E-state index in [0.29, 0.717) is 16.9 Å². The van der Waals surface area contributed by atoms with Crippen molar-refractivity contribution in [2.24, 2.45) is 7.05 Å². The van der Waals surface area contributed by atoms with E-state index < -0.39 is 6.03 Å². The van der Waals surface area contributed by atoms with Gasteiger partial charge in [-0.15, -0.1) is 12.4 Å². The summed E-state index contributed by atoms with van der Waals surface area (Å²) in [5.41, 5.74) is 1.29. The van der Waals surface area contributed by atoms with Gasteiger partial charge in [0.25, 0.3) is 0 Å². The largest absolute Gasteiger partial charge is 0.367 e. The van der Waals surface area contributed by atoms with Crippen LogP contribution in [0, 0.1) is 5.82 Å². The molecule has 26 heavy (non-hydrogen) atoms. The first-order chi connectivity index (χ1) is 12.0. The normalized spacial score (nSPS) is 18.1. The Balaban J connectivity index is 0.00000196. The van der Waals surface area contributed by atoms with Crippen LogP contribution in [0.1, 0.15) is 6.42 Å². The summed E-state index contributed by atoms with van der Waals surface area (Å²) in [6.45, 7) is 3.34. The Hall–Kier alpha value is -2.39. The van der Waals surface area contributed by atoms with E-state index in [1.807, 2.05) is 4.90 Å². The molecule has 8 nitrogen and oxygen atoms in total. The number of hydrogen-bond acceptors (Lipinski definition) is 5. The first-order valence-electron chi connectivity index (χ1n) is 8.28. The number of carbonyl (C=O) groups is 2. The lowest BCUT2D eigenvalue weighted by molar-refractivity contribution is -0.120. The number of carbonyl (C=O) groups excluding carboxylic acids is 2. The molecule has 0 aliphatic carbocycles. The molecule has 1 aromatic carbocycles. The molecule has 3 heterocycles. The van der Waals surface area contributed by atoms with E-state index in [0.717, 1.165) is 31.7 Å². The van der Waals surface area contributed by atoms with E-state index >= 15 is 0 Å². The van der Waals surface area contributed by atoms with Gasteiger partial charge < -0.3 is 10.2 Å². The Morgan fingerprint density at radius 2 is 1.88 bits per heavy atom. The smallest absolute Gasteiger partial charge is 0.329 e. The van der Waals surface area contributed by atoms with E-state index in [1.165, 1.54) is 11.0 Å². The number of aromatic nitrogens is 2. The highest BCUT2D eigenvalue weighted by Gasteiger charge is 2.29. The van der Waals surface area contributed by atoms with Crippen LogP contribution in [0.15, 0.2) is 12.1 Å². The molecular formula is C16H20ClFN6O2. The van der Waals surface area contributed by atoms with Gasteiger partial charge in [-0.3, -0.25) is 19.7 Å². The average Bonchev–Trinajstić information content (AvgIpc) is 2.91. The molecule has 0 atom stereocenters. The molecule has 10 heteroatoms. The average molecular weight is 383 g/mol. The molecular weight excluding hydrogens is 363 g/mol. The van der Waals surface area contributed by atoms with Crippen LogP contribution in [0.2, 0.25) is 0 Å². The molecule has 0 spiro atoms. The van der Waals surface area contributed by atoms with Gasteiger partial charge in [-0.25, -0.2) is 9.18 Å². The van der Waals surface area contributed by atoms with Crippen molar-refractivity contribution in [1.82, 2.24) is 20.4 Å². The van der Waals surface area contributed by atoms with Crippen LogP contribution in [-0.4, -0.2) is 54.4 Å². The minimum absolute atomic E-state index is 0. The van der Waals surface area contributed by atoms with Crippen LogP contribution < -0.4 is 20.4 Å². The van der Waals surface area contributed by atoms with Gasteiger partial charge in [0.05, 0.1) is 11.2 Å². The summed E-state index contributed by atoms with van der Waals surface area (Å²) in [5.74, 6) is -0.279. The molecule has 2 saturated heterocycles. The van der Waals surface area contributed by atoms with Crippen molar-refractivity contribution in [2.45, 2.75) is 6.42 Å². The topological polar surface area (TPSA) is 82.5 Å². The minimum Gasteiger partial charge on any atom is -0.367 e. The van der Waals surface area contributed by atoms with Gasteiger partial charge in [-0.1, -0.05) is 0 Å². The van der Waals surface area contributed by atoms with Gasteiger partial charge >= 0.3 is 6.03 Å².